The molecule has 0 amide bonds. The molecule has 0 aliphatic heterocycles. The highest BCUT2D eigenvalue weighted by atomic mass is 79.9. The summed E-state index contributed by atoms with van der Waals surface area (Å²) in [7, 11) is 0. The Bertz CT molecular complexity index is 394. The van der Waals surface area contributed by atoms with Crippen molar-refractivity contribution < 1.29 is 0 Å². The first-order valence-electron chi connectivity index (χ1n) is 3.20. The van der Waals surface area contributed by atoms with Crippen molar-refractivity contribution in [2.75, 3.05) is 5.73 Å². The molecule has 2 N–H and O–H groups in total. The first kappa shape index (κ1) is 7.13. The molecule has 0 spiro atoms. The van der Waals surface area contributed by atoms with Crippen molar-refractivity contribution in [2.24, 2.45) is 0 Å². The highest BCUT2D eigenvalue weighted by molar-refractivity contribution is 9.10. The average Bonchev–Trinajstić information content (AvgIpc) is 2.45. The summed E-state index contributed by atoms with van der Waals surface area (Å²) in [6, 6.07) is 6.03. The molecule has 0 atom stereocenters. The summed E-state index contributed by atoms with van der Waals surface area (Å²) in [6.45, 7) is 0. The molecule has 0 aliphatic carbocycles. The number of nitrogen functional groups attached to an aromatic ring is 1. The molecular weight excluding hydrogens is 222 g/mol. The molecule has 56 valence electrons. The van der Waals surface area contributed by atoms with Gasteiger partial charge in [0, 0.05) is 20.2 Å². The van der Waals surface area contributed by atoms with Gasteiger partial charge in [-0.05, 0) is 39.5 Å². The number of rotatable bonds is 0. The van der Waals surface area contributed by atoms with Crippen LogP contribution in [-0.4, -0.2) is 0 Å². The predicted octanol–water partition coefficient (Wildman–Crippen LogP) is 3.25. The van der Waals surface area contributed by atoms with Crippen molar-refractivity contribution >= 4 is 43.0 Å². The lowest BCUT2D eigenvalue weighted by Crippen LogP contribution is -1.84. The van der Waals surface area contributed by atoms with E-state index in [1.165, 1.54) is 10.1 Å². The fourth-order valence-electron chi connectivity index (χ4n) is 1.03. The third-order valence-electron chi connectivity index (χ3n) is 1.60. The Morgan fingerprint density at radius 1 is 1.27 bits per heavy atom. The van der Waals surface area contributed by atoms with E-state index in [1.807, 2.05) is 12.1 Å². The van der Waals surface area contributed by atoms with Crippen LogP contribution in [0.3, 0.4) is 0 Å². The van der Waals surface area contributed by atoms with Crippen LogP contribution in [0.4, 0.5) is 5.69 Å². The lowest BCUT2D eigenvalue weighted by molar-refractivity contribution is 1.73. The summed E-state index contributed by atoms with van der Waals surface area (Å²) in [5.41, 5.74) is 6.50. The Balaban J connectivity index is 2.93. The molecule has 2 aromatic rings. The van der Waals surface area contributed by atoms with Crippen LogP contribution in [0.5, 0.6) is 0 Å². The van der Waals surface area contributed by atoms with Gasteiger partial charge in [0.15, 0.2) is 0 Å². The van der Waals surface area contributed by atoms with Gasteiger partial charge in [0.25, 0.3) is 0 Å². The third-order valence-corrected chi connectivity index (χ3v) is 3.37. The molecule has 2 rings (SSSR count). The summed E-state index contributed by atoms with van der Waals surface area (Å²) >= 11 is 5.17. The van der Waals surface area contributed by atoms with Crippen LogP contribution >= 0.6 is 27.3 Å². The van der Waals surface area contributed by atoms with Crippen LogP contribution in [0.25, 0.3) is 10.1 Å². The Morgan fingerprint density at radius 3 is 2.91 bits per heavy atom. The van der Waals surface area contributed by atoms with Gasteiger partial charge < -0.3 is 5.73 Å². The minimum atomic E-state index is 0.802. The Labute approximate surface area is 77.0 Å². The highest BCUT2D eigenvalue weighted by Gasteiger charge is 2.01. The SMILES string of the molecule is Nc1ccc2sccc2c1Br. The van der Waals surface area contributed by atoms with Gasteiger partial charge in [-0.1, -0.05) is 0 Å². The van der Waals surface area contributed by atoms with Crippen LogP contribution in [0.15, 0.2) is 28.1 Å². The molecule has 0 saturated heterocycles. The largest absolute Gasteiger partial charge is 0.398 e. The fraction of sp³-hybridized carbons (Fsp3) is 0. The molecule has 1 nitrogen and oxygen atoms in total. The monoisotopic (exact) mass is 227 g/mol. The van der Waals surface area contributed by atoms with Crippen molar-refractivity contribution in [3.63, 3.8) is 0 Å². The molecule has 0 saturated carbocycles. The number of halogens is 1. The second-order valence-corrected chi connectivity index (χ2v) is 4.04. The van der Waals surface area contributed by atoms with E-state index in [0.717, 1.165) is 10.2 Å². The van der Waals surface area contributed by atoms with E-state index < -0.39 is 0 Å². The van der Waals surface area contributed by atoms with E-state index in [0.29, 0.717) is 0 Å². The first-order valence-corrected chi connectivity index (χ1v) is 4.87. The van der Waals surface area contributed by atoms with Crippen LogP contribution in [0, 0.1) is 0 Å². The van der Waals surface area contributed by atoms with Crippen LogP contribution in [-0.2, 0) is 0 Å². The summed E-state index contributed by atoms with van der Waals surface area (Å²) in [6.07, 6.45) is 0. The summed E-state index contributed by atoms with van der Waals surface area (Å²) in [4.78, 5) is 0. The number of hydrogen-bond donors (Lipinski definition) is 1. The van der Waals surface area contributed by atoms with E-state index in [-0.39, 0.29) is 0 Å². The van der Waals surface area contributed by atoms with E-state index >= 15 is 0 Å². The zero-order valence-corrected chi connectivity index (χ0v) is 8.08. The van der Waals surface area contributed by atoms with Crippen molar-refractivity contribution in [2.45, 2.75) is 0 Å². The van der Waals surface area contributed by atoms with Gasteiger partial charge in [-0.2, -0.15) is 0 Å². The smallest absolute Gasteiger partial charge is 0.0491 e. The molecule has 0 bridgehead atoms. The van der Waals surface area contributed by atoms with Crippen molar-refractivity contribution in [1.29, 1.82) is 0 Å². The van der Waals surface area contributed by atoms with Gasteiger partial charge in [-0.25, -0.2) is 0 Å². The Hall–Kier alpha value is -0.540. The maximum Gasteiger partial charge on any atom is 0.0491 e. The Morgan fingerprint density at radius 2 is 2.09 bits per heavy atom. The van der Waals surface area contributed by atoms with Gasteiger partial charge in [-0.3, -0.25) is 0 Å². The van der Waals surface area contributed by atoms with Gasteiger partial charge in [0.2, 0.25) is 0 Å². The third kappa shape index (κ3) is 1.04. The first-order chi connectivity index (χ1) is 5.29. The summed E-state index contributed by atoms with van der Waals surface area (Å²) in [5, 5.41) is 3.27. The van der Waals surface area contributed by atoms with Gasteiger partial charge in [-0.15, -0.1) is 11.3 Å². The van der Waals surface area contributed by atoms with Crippen molar-refractivity contribution in [3.8, 4) is 0 Å². The van der Waals surface area contributed by atoms with Gasteiger partial charge >= 0.3 is 0 Å². The molecule has 0 fully saturated rings. The number of anilines is 1. The van der Waals surface area contributed by atoms with E-state index in [2.05, 4.69) is 27.4 Å². The van der Waals surface area contributed by atoms with E-state index in [9.17, 15) is 0 Å². The number of benzene rings is 1. The minimum absolute atomic E-state index is 0.802. The second kappa shape index (κ2) is 2.50. The van der Waals surface area contributed by atoms with Crippen molar-refractivity contribution in [3.05, 3.63) is 28.1 Å². The summed E-state index contributed by atoms with van der Waals surface area (Å²) < 4.78 is 2.28. The van der Waals surface area contributed by atoms with Gasteiger partial charge in [0.05, 0.1) is 0 Å². The maximum absolute atomic E-state index is 5.70. The molecule has 3 heteroatoms. The quantitative estimate of drug-likeness (QED) is 0.688. The number of fused-ring (bicyclic) bond motifs is 1. The summed E-state index contributed by atoms with van der Waals surface area (Å²) in [5.74, 6) is 0. The van der Waals surface area contributed by atoms with Crippen LogP contribution in [0.2, 0.25) is 0 Å². The molecule has 11 heavy (non-hydrogen) atoms. The minimum Gasteiger partial charge on any atom is -0.398 e. The van der Waals surface area contributed by atoms with Gasteiger partial charge in [0.1, 0.15) is 0 Å². The van der Waals surface area contributed by atoms with E-state index in [4.69, 9.17) is 5.73 Å². The maximum atomic E-state index is 5.70. The molecular formula is C8H6BrNS. The zero-order valence-electron chi connectivity index (χ0n) is 5.67. The second-order valence-electron chi connectivity index (χ2n) is 2.30. The fourth-order valence-corrected chi connectivity index (χ4v) is 2.43. The van der Waals surface area contributed by atoms with E-state index in [1.54, 1.807) is 11.3 Å². The predicted molar refractivity (Wildman–Crippen MR) is 53.9 cm³/mol. The topological polar surface area (TPSA) is 26.0 Å². The normalized spacial score (nSPS) is 10.6. The molecule has 0 unspecified atom stereocenters. The van der Waals surface area contributed by atoms with Crippen LogP contribution < -0.4 is 5.73 Å². The Kier molecular flexibility index (Phi) is 1.62. The average molecular weight is 228 g/mol. The molecule has 1 heterocycles. The molecule has 1 aromatic heterocycles. The number of hydrogen-bond acceptors (Lipinski definition) is 2. The molecule has 0 radical (unpaired) electrons. The number of nitrogens with two attached hydrogens (primary N) is 1. The molecule has 1 aromatic carbocycles. The lowest BCUT2D eigenvalue weighted by Gasteiger charge is -1.97. The van der Waals surface area contributed by atoms with Crippen LogP contribution in [0.1, 0.15) is 0 Å². The highest BCUT2D eigenvalue weighted by Crippen LogP contribution is 2.32. The lowest BCUT2D eigenvalue weighted by atomic mass is 10.2. The zero-order chi connectivity index (χ0) is 7.84. The molecule has 0 aliphatic rings. The standard InChI is InChI=1S/C8H6BrNS/c9-8-5-3-4-11-7(5)2-1-6(8)10/h1-4H,10H2. The number of thiophene rings is 1. The van der Waals surface area contributed by atoms with Crippen molar-refractivity contribution in [1.82, 2.24) is 0 Å².